The average molecular weight is 426 g/mol. The van der Waals surface area contributed by atoms with Gasteiger partial charge in [-0.05, 0) is 12.2 Å². The number of ketones is 1. The fourth-order valence-corrected chi connectivity index (χ4v) is 8.98. The molecule has 0 saturated heterocycles. The molecular weight excluding hydrogens is 410 g/mol. The second-order valence-electron chi connectivity index (χ2n) is 5.76. The minimum Gasteiger partial charge on any atom is -0.355 e. The lowest BCUT2D eigenvalue weighted by Crippen LogP contribution is -2.39. The number of allylic oxidation sites excluding steroid dienone is 2. The largest absolute Gasteiger partial charge is 0.355 e. The number of hydrogen-bond donors (Lipinski definition) is 0. The summed E-state index contributed by atoms with van der Waals surface area (Å²) < 4.78 is 2.20. The molecular formula is C14H16Cl4N2OSi2. The Morgan fingerprint density at radius 1 is 0.826 bits per heavy atom. The lowest BCUT2D eigenvalue weighted by molar-refractivity contribution is 0.104. The van der Waals surface area contributed by atoms with Gasteiger partial charge in [0, 0.05) is 5.56 Å². The number of nitrogens with zero attached hydrogens (tertiary/aromatic N) is 2. The number of carbonyl (C=O) groups excluding carboxylic acids is 1. The molecule has 9 heteroatoms. The Morgan fingerprint density at radius 2 is 1.30 bits per heavy atom. The molecule has 0 N–H and O–H groups in total. The molecule has 0 atom stereocenters. The molecule has 0 saturated carbocycles. The quantitative estimate of drug-likeness (QED) is 0.294. The van der Waals surface area contributed by atoms with Gasteiger partial charge >= 0.3 is 0 Å². The molecule has 0 bridgehead atoms. The number of fused-ring (bicyclic) bond motifs is 1. The first-order valence-corrected chi connectivity index (χ1v) is 14.3. The predicted octanol–water partition coefficient (Wildman–Crippen LogP) is 5.03. The van der Waals surface area contributed by atoms with Crippen LogP contribution >= 0.6 is 46.4 Å². The third-order valence-electron chi connectivity index (χ3n) is 3.44. The standard InChI is InChI=1S/C14H16Cl4N2OSi2/c1-22(2)20(23(3)4)19-7-5-6-8(21)10-9(7)11(15)13(17)14(18)12(10)16/h5-6,22-23H,1-4H3. The first kappa shape index (κ1) is 19.0. The molecule has 1 aliphatic rings. The van der Waals surface area contributed by atoms with Gasteiger partial charge in [0.2, 0.25) is 0 Å². The van der Waals surface area contributed by atoms with Crippen LogP contribution < -0.4 is 0 Å². The maximum Gasteiger partial charge on any atom is 0.188 e. The minimum absolute atomic E-state index is 0.0911. The van der Waals surface area contributed by atoms with Crippen molar-refractivity contribution in [3.8, 4) is 0 Å². The Kier molecular flexibility index (Phi) is 6.03. The Hall–Kier alpha value is -0.306. The average Bonchev–Trinajstić information content (AvgIpc) is 2.48. The van der Waals surface area contributed by atoms with Gasteiger partial charge < -0.3 is 4.34 Å². The van der Waals surface area contributed by atoms with E-state index in [1.807, 2.05) is 0 Å². The van der Waals surface area contributed by atoms with Gasteiger partial charge in [0.25, 0.3) is 0 Å². The van der Waals surface area contributed by atoms with E-state index in [0.717, 1.165) is 0 Å². The molecule has 23 heavy (non-hydrogen) atoms. The summed E-state index contributed by atoms with van der Waals surface area (Å²) in [6, 6.07) is 0. The number of hydrogen-bond acceptors (Lipinski definition) is 3. The number of rotatable bonds is 3. The first-order valence-electron chi connectivity index (χ1n) is 7.12. The topological polar surface area (TPSA) is 32.7 Å². The summed E-state index contributed by atoms with van der Waals surface area (Å²) in [4.78, 5) is 12.2. The molecule has 1 aromatic rings. The van der Waals surface area contributed by atoms with Crippen LogP contribution in [0, 0.1) is 0 Å². The number of carbonyl (C=O) groups is 1. The molecule has 0 unspecified atom stereocenters. The highest BCUT2D eigenvalue weighted by atomic mass is 35.5. The maximum absolute atomic E-state index is 12.2. The van der Waals surface area contributed by atoms with Crippen LogP contribution in [0.15, 0.2) is 17.3 Å². The molecule has 2 rings (SSSR count). The normalized spacial score (nSPS) is 15.7. The zero-order chi connectivity index (χ0) is 17.5. The molecule has 124 valence electrons. The molecule has 0 fully saturated rings. The third kappa shape index (κ3) is 3.55. The van der Waals surface area contributed by atoms with E-state index in [-0.39, 0.29) is 31.4 Å². The van der Waals surface area contributed by atoms with Gasteiger partial charge in [-0.25, -0.2) is 0 Å². The second kappa shape index (κ2) is 7.29. The van der Waals surface area contributed by atoms with Gasteiger partial charge in [-0.15, -0.1) is 0 Å². The van der Waals surface area contributed by atoms with Crippen molar-refractivity contribution in [2.24, 2.45) is 5.10 Å². The Bertz CT molecular complexity index is 724. The van der Waals surface area contributed by atoms with Crippen LogP contribution in [0.5, 0.6) is 0 Å². The van der Waals surface area contributed by atoms with E-state index in [4.69, 9.17) is 51.5 Å². The van der Waals surface area contributed by atoms with E-state index in [9.17, 15) is 4.79 Å². The van der Waals surface area contributed by atoms with Crippen molar-refractivity contribution in [2.75, 3.05) is 0 Å². The number of benzene rings is 1. The van der Waals surface area contributed by atoms with Crippen LogP contribution in [0.1, 0.15) is 15.9 Å². The summed E-state index contributed by atoms with van der Waals surface area (Å²) in [5.41, 5.74) is 1.34. The fourth-order valence-electron chi connectivity index (χ4n) is 2.46. The van der Waals surface area contributed by atoms with Gasteiger partial charge in [-0.2, -0.15) is 5.10 Å². The van der Waals surface area contributed by atoms with Crippen LogP contribution in [0.2, 0.25) is 46.3 Å². The molecule has 0 amide bonds. The smallest absolute Gasteiger partial charge is 0.188 e. The van der Waals surface area contributed by atoms with Gasteiger partial charge in [-0.1, -0.05) is 72.6 Å². The summed E-state index contributed by atoms with van der Waals surface area (Å²) in [5, 5.41) is 5.34. The number of halogens is 4. The molecule has 1 aliphatic carbocycles. The van der Waals surface area contributed by atoms with Crippen molar-refractivity contribution >= 4 is 75.8 Å². The van der Waals surface area contributed by atoms with Gasteiger partial charge in [-0.3, -0.25) is 4.79 Å². The molecule has 0 spiro atoms. The lowest BCUT2D eigenvalue weighted by Gasteiger charge is -2.29. The highest BCUT2D eigenvalue weighted by molar-refractivity contribution is 6.69. The zero-order valence-electron chi connectivity index (χ0n) is 13.1. The van der Waals surface area contributed by atoms with E-state index in [2.05, 4.69) is 30.5 Å². The SMILES string of the molecule is C[SiH](C)N(N=C1C=CC(=O)c2c(Cl)c(Cl)c(Cl)c(Cl)c21)[SiH](C)C. The summed E-state index contributed by atoms with van der Waals surface area (Å²) in [6.07, 6.45) is 3.10. The Balaban J connectivity index is 2.74. The molecule has 0 heterocycles. The van der Waals surface area contributed by atoms with Crippen LogP contribution in [0.3, 0.4) is 0 Å². The van der Waals surface area contributed by atoms with Gasteiger partial charge in [0.15, 0.2) is 5.78 Å². The Morgan fingerprint density at radius 3 is 1.78 bits per heavy atom. The van der Waals surface area contributed by atoms with E-state index >= 15 is 0 Å². The molecule has 0 aromatic heterocycles. The van der Waals surface area contributed by atoms with Crippen LogP contribution in [-0.2, 0) is 0 Å². The molecule has 0 radical (unpaired) electrons. The summed E-state index contributed by atoms with van der Waals surface area (Å²) in [5.74, 6) is -0.250. The van der Waals surface area contributed by atoms with Crippen molar-refractivity contribution in [3.63, 3.8) is 0 Å². The maximum atomic E-state index is 12.2. The van der Waals surface area contributed by atoms with E-state index < -0.39 is 17.9 Å². The summed E-state index contributed by atoms with van der Waals surface area (Å²) in [7, 11) is -2.28. The highest BCUT2D eigenvalue weighted by Gasteiger charge is 2.29. The van der Waals surface area contributed by atoms with E-state index in [1.54, 1.807) is 6.08 Å². The monoisotopic (exact) mass is 424 g/mol. The third-order valence-corrected chi connectivity index (χ3v) is 11.2. The van der Waals surface area contributed by atoms with E-state index in [0.29, 0.717) is 11.3 Å². The minimum atomic E-state index is -1.14. The summed E-state index contributed by atoms with van der Waals surface area (Å²) in [6.45, 7) is 8.83. The van der Waals surface area contributed by atoms with E-state index in [1.165, 1.54) is 6.08 Å². The van der Waals surface area contributed by atoms with Crippen LogP contribution in [-0.4, -0.2) is 33.8 Å². The van der Waals surface area contributed by atoms with Crippen molar-refractivity contribution in [3.05, 3.63) is 43.4 Å². The van der Waals surface area contributed by atoms with Gasteiger partial charge in [0.05, 0.1) is 31.4 Å². The molecule has 1 aromatic carbocycles. The lowest BCUT2D eigenvalue weighted by atomic mass is 9.94. The molecule has 3 nitrogen and oxygen atoms in total. The molecule has 0 aliphatic heterocycles. The van der Waals surface area contributed by atoms with Crippen molar-refractivity contribution in [1.29, 1.82) is 0 Å². The van der Waals surface area contributed by atoms with Crippen molar-refractivity contribution < 1.29 is 4.79 Å². The number of hydrazone groups is 1. The predicted molar refractivity (Wildman–Crippen MR) is 106 cm³/mol. The van der Waals surface area contributed by atoms with Gasteiger partial charge in [0.1, 0.15) is 17.9 Å². The zero-order valence-corrected chi connectivity index (χ0v) is 18.5. The summed E-state index contributed by atoms with van der Waals surface area (Å²) >= 11 is 24.8. The van der Waals surface area contributed by atoms with Crippen LogP contribution in [0.4, 0.5) is 0 Å². The Labute approximate surface area is 159 Å². The fraction of sp³-hybridized carbons (Fsp3) is 0.286. The highest BCUT2D eigenvalue weighted by Crippen LogP contribution is 2.43. The van der Waals surface area contributed by atoms with Crippen molar-refractivity contribution in [2.45, 2.75) is 26.2 Å². The second-order valence-corrected chi connectivity index (χ2v) is 13.3. The van der Waals surface area contributed by atoms with Crippen molar-refractivity contribution in [1.82, 2.24) is 4.34 Å². The first-order chi connectivity index (χ1) is 10.7. The van der Waals surface area contributed by atoms with Crippen LogP contribution in [0.25, 0.3) is 0 Å².